The van der Waals surface area contributed by atoms with Crippen molar-refractivity contribution in [2.45, 2.75) is 18.2 Å². The number of hydrogen-bond acceptors (Lipinski definition) is 6. The molecule has 26 heavy (non-hydrogen) atoms. The lowest BCUT2D eigenvalue weighted by Crippen LogP contribution is -2.16. The molecule has 2 N–H and O–H groups in total. The van der Waals surface area contributed by atoms with Gasteiger partial charge in [-0.3, -0.25) is 9.52 Å². The quantitative estimate of drug-likeness (QED) is 0.676. The van der Waals surface area contributed by atoms with E-state index < -0.39 is 10.0 Å². The molecule has 0 aliphatic rings. The van der Waals surface area contributed by atoms with E-state index >= 15 is 0 Å². The summed E-state index contributed by atoms with van der Waals surface area (Å²) in [6.07, 6.45) is 1.64. The van der Waals surface area contributed by atoms with Gasteiger partial charge in [-0.2, -0.15) is 0 Å². The van der Waals surface area contributed by atoms with Crippen LogP contribution in [0.25, 0.3) is 0 Å². The van der Waals surface area contributed by atoms with Gasteiger partial charge in [-0.05, 0) is 36.8 Å². The third-order valence-corrected chi connectivity index (χ3v) is 5.64. The average Bonchev–Trinajstić information content (AvgIpc) is 3.01. The molecule has 0 fully saturated rings. The Morgan fingerprint density at radius 1 is 1.19 bits per heavy atom. The topological polar surface area (TPSA) is 101 Å². The van der Waals surface area contributed by atoms with Gasteiger partial charge >= 0.3 is 0 Å². The molecular formula is C17H16N4O3S2. The summed E-state index contributed by atoms with van der Waals surface area (Å²) in [6, 6.07) is 11.6. The number of aromatic nitrogens is 2. The predicted octanol–water partition coefficient (Wildman–Crippen LogP) is 2.83. The van der Waals surface area contributed by atoms with Crippen molar-refractivity contribution < 1.29 is 13.2 Å². The Balaban J connectivity index is 1.64. The summed E-state index contributed by atoms with van der Waals surface area (Å²) in [7, 11) is -3.69. The minimum absolute atomic E-state index is 0.0270. The lowest BCUT2D eigenvalue weighted by molar-refractivity contribution is -0.115. The largest absolute Gasteiger partial charge is 0.310 e. The zero-order valence-electron chi connectivity index (χ0n) is 13.8. The van der Waals surface area contributed by atoms with Gasteiger partial charge in [0.25, 0.3) is 10.0 Å². The first-order chi connectivity index (χ1) is 12.4. The van der Waals surface area contributed by atoms with Gasteiger partial charge in [0.05, 0.1) is 17.0 Å². The van der Waals surface area contributed by atoms with E-state index in [-0.39, 0.29) is 22.4 Å². The Kier molecular flexibility index (Phi) is 5.29. The maximum Gasteiger partial charge on any atom is 0.263 e. The second-order valence-electron chi connectivity index (χ2n) is 5.51. The number of nitrogens with one attached hydrogen (secondary N) is 2. The van der Waals surface area contributed by atoms with Crippen LogP contribution >= 0.6 is 11.3 Å². The van der Waals surface area contributed by atoms with Crippen molar-refractivity contribution in [1.29, 1.82) is 0 Å². The van der Waals surface area contributed by atoms with Gasteiger partial charge in [0.15, 0.2) is 5.13 Å². The van der Waals surface area contributed by atoms with E-state index in [1.54, 1.807) is 35.8 Å². The van der Waals surface area contributed by atoms with Crippen LogP contribution in [0.3, 0.4) is 0 Å². The highest BCUT2D eigenvalue weighted by molar-refractivity contribution is 7.93. The minimum atomic E-state index is -3.69. The van der Waals surface area contributed by atoms with Crippen molar-refractivity contribution in [3.05, 3.63) is 65.3 Å². The standard InChI is InChI=1S/C17H16N4O3S2/c1-12-7-8-18-15(9-12)20-16(22)10-13-11-25-17(19-13)21-26(23,24)14-5-3-2-4-6-14/h2-9,11H,10H2,1H3,(H,19,21)(H,18,20,22). The molecule has 0 aliphatic heterocycles. The van der Waals surface area contributed by atoms with Gasteiger partial charge in [-0.25, -0.2) is 18.4 Å². The molecule has 9 heteroatoms. The van der Waals surface area contributed by atoms with Crippen molar-refractivity contribution >= 4 is 38.2 Å². The number of thiazole rings is 1. The summed E-state index contributed by atoms with van der Waals surface area (Å²) in [5.74, 6) is 0.195. The first-order valence-electron chi connectivity index (χ1n) is 7.67. The van der Waals surface area contributed by atoms with Gasteiger partial charge in [0, 0.05) is 11.6 Å². The number of carbonyl (C=O) groups is 1. The van der Waals surface area contributed by atoms with E-state index in [4.69, 9.17) is 0 Å². The molecule has 0 aliphatic carbocycles. The number of pyridine rings is 1. The predicted molar refractivity (Wildman–Crippen MR) is 101 cm³/mol. The van der Waals surface area contributed by atoms with E-state index in [0.717, 1.165) is 16.9 Å². The molecule has 1 aromatic carbocycles. The number of hydrogen-bond donors (Lipinski definition) is 2. The summed E-state index contributed by atoms with van der Waals surface area (Å²) >= 11 is 1.12. The lowest BCUT2D eigenvalue weighted by atomic mass is 10.3. The molecule has 2 heterocycles. The number of benzene rings is 1. The zero-order chi connectivity index (χ0) is 18.6. The van der Waals surface area contributed by atoms with E-state index in [1.807, 2.05) is 13.0 Å². The van der Waals surface area contributed by atoms with Gasteiger partial charge in [0.1, 0.15) is 5.82 Å². The van der Waals surface area contributed by atoms with Crippen molar-refractivity contribution in [1.82, 2.24) is 9.97 Å². The summed E-state index contributed by atoms with van der Waals surface area (Å²) in [5.41, 5.74) is 1.47. The SMILES string of the molecule is Cc1ccnc(NC(=O)Cc2csc(NS(=O)(=O)c3ccccc3)n2)c1. The second kappa shape index (κ2) is 7.63. The number of aryl methyl sites for hydroxylation is 1. The summed E-state index contributed by atoms with van der Waals surface area (Å²) < 4.78 is 27.0. The zero-order valence-corrected chi connectivity index (χ0v) is 15.5. The number of rotatable bonds is 6. The second-order valence-corrected chi connectivity index (χ2v) is 8.05. The van der Waals surface area contributed by atoms with Gasteiger partial charge in [-0.15, -0.1) is 11.3 Å². The Morgan fingerprint density at radius 3 is 2.69 bits per heavy atom. The first kappa shape index (κ1) is 18.0. The van der Waals surface area contributed by atoms with Crippen LogP contribution < -0.4 is 10.0 Å². The van der Waals surface area contributed by atoms with Crippen molar-refractivity contribution in [3.8, 4) is 0 Å². The van der Waals surface area contributed by atoms with Crippen LogP contribution in [0.15, 0.2) is 58.9 Å². The van der Waals surface area contributed by atoms with Crippen LogP contribution in [-0.2, 0) is 21.2 Å². The first-order valence-corrected chi connectivity index (χ1v) is 10.0. The van der Waals surface area contributed by atoms with E-state index in [1.165, 1.54) is 12.1 Å². The fraction of sp³-hybridized carbons (Fsp3) is 0.118. The minimum Gasteiger partial charge on any atom is -0.310 e. The van der Waals surface area contributed by atoms with Crippen molar-refractivity contribution in [3.63, 3.8) is 0 Å². The molecule has 2 aromatic heterocycles. The molecule has 1 amide bonds. The highest BCUT2D eigenvalue weighted by atomic mass is 32.2. The fourth-order valence-corrected chi connectivity index (χ4v) is 4.15. The summed E-state index contributed by atoms with van der Waals surface area (Å²) in [4.78, 5) is 20.5. The maximum absolute atomic E-state index is 12.3. The normalized spacial score (nSPS) is 11.1. The maximum atomic E-state index is 12.3. The molecule has 0 radical (unpaired) electrons. The average molecular weight is 388 g/mol. The molecule has 0 saturated carbocycles. The Labute approximate surface area is 155 Å². The number of sulfonamides is 1. The van der Waals surface area contributed by atoms with Crippen LogP contribution in [-0.4, -0.2) is 24.3 Å². The smallest absolute Gasteiger partial charge is 0.263 e. The van der Waals surface area contributed by atoms with Gasteiger partial charge in [0.2, 0.25) is 5.91 Å². The lowest BCUT2D eigenvalue weighted by Gasteiger charge is -2.05. The van der Waals surface area contributed by atoms with Crippen molar-refractivity contribution in [2.75, 3.05) is 10.0 Å². The number of carbonyl (C=O) groups excluding carboxylic acids is 1. The van der Waals surface area contributed by atoms with Crippen LogP contribution in [0.4, 0.5) is 10.9 Å². The van der Waals surface area contributed by atoms with Crippen LogP contribution in [0, 0.1) is 6.92 Å². The van der Waals surface area contributed by atoms with Gasteiger partial charge < -0.3 is 5.32 Å². The van der Waals surface area contributed by atoms with Crippen molar-refractivity contribution in [2.24, 2.45) is 0 Å². The molecule has 0 unspecified atom stereocenters. The third-order valence-electron chi connectivity index (χ3n) is 3.35. The summed E-state index contributed by atoms with van der Waals surface area (Å²) in [5, 5.41) is 4.55. The Morgan fingerprint density at radius 2 is 1.96 bits per heavy atom. The molecule has 0 bridgehead atoms. The van der Waals surface area contributed by atoms with Crippen LogP contribution in [0.5, 0.6) is 0 Å². The van der Waals surface area contributed by atoms with E-state index in [2.05, 4.69) is 20.0 Å². The number of nitrogens with zero attached hydrogens (tertiary/aromatic N) is 2. The van der Waals surface area contributed by atoms with Gasteiger partial charge in [-0.1, -0.05) is 18.2 Å². The Hall–Kier alpha value is -2.78. The molecule has 3 rings (SSSR count). The fourth-order valence-electron chi connectivity index (χ4n) is 2.16. The van der Waals surface area contributed by atoms with Crippen LogP contribution in [0.2, 0.25) is 0 Å². The molecular weight excluding hydrogens is 372 g/mol. The highest BCUT2D eigenvalue weighted by Crippen LogP contribution is 2.20. The summed E-state index contributed by atoms with van der Waals surface area (Å²) in [6.45, 7) is 1.91. The molecule has 0 atom stereocenters. The highest BCUT2D eigenvalue weighted by Gasteiger charge is 2.16. The van der Waals surface area contributed by atoms with E-state index in [0.29, 0.717) is 11.5 Å². The molecule has 134 valence electrons. The third kappa shape index (κ3) is 4.64. The molecule has 3 aromatic rings. The molecule has 0 saturated heterocycles. The van der Waals surface area contributed by atoms with E-state index in [9.17, 15) is 13.2 Å². The Bertz CT molecular complexity index is 1020. The molecule has 0 spiro atoms. The number of anilines is 2. The number of amides is 1. The monoisotopic (exact) mass is 388 g/mol. The molecule has 7 nitrogen and oxygen atoms in total. The van der Waals surface area contributed by atoms with Crippen LogP contribution in [0.1, 0.15) is 11.3 Å².